The molecule has 0 unspecified atom stereocenters. The molecule has 0 aliphatic heterocycles. The van der Waals surface area contributed by atoms with Gasteiger partial charge in [0, 0.05) is 5.56 Å². The SMILES string of the molecule is NC(=O)c1cc(-c2cccc(-c3ccccc3-c3cccc(C(F)(F)F)c3)c2)n[nH]1. The fraction of sp³-hybridized carbons (Fsp3) is 0.0435. The highest BCUT2D eigenvalue weighted by Crippen LogP contribution is 2.37. The predicted octanol–water partition coefficient (Wildman–Crippen LogP) is 5.53. The molecule has 7 heteroatoms. The van der Waals surface area contributed by atoms with Gasteiger partial charge in [-0.15, -0.1) is 0 Å². The Morgan fingerprint density at radius 2 is 1.40 bits per heavy atom. The van der Waals surface area contributed by atoms with E-state index in [1.807, 2.05) is 36.4 Å². The van der Waals surface area contributed by atoms with Gasteiger partial charge >= 0.3 is 6.18 Å². The van der Waals surface area contributed by atoms with Crippen molar-refractivity contribution in [2.75, 3.05) is 0 Å². The number of primary amides is 1. The molecule has 0 saturated heterocycles. The van der Waals surface area contributed by atoms with Crippen LogP contribution in [-0.4, -0.2) is 16.1 Å². The van der Waals surface area contributed by atoms with E-state index in [2.05, 4.69) is 10.2 Å². The first-order valence-corrected chi connectivity index (χ1v) is 9.05. The molecule has 3 N–H and O–H groups in total. The molecule has 1 aromatic heterocycles. The van der Waals surface area contributed by atoms with Crippen molar-refractivity contribution in [2.45, 2.75) is 6.18 Å². The molecule has 3 aromatic carbocycles. The van der Waals surface area contributed by atoms with Gasteiger partial charge < -0.3 is 5.73 Å². The minimum Gasteiger partial charge on any atom is -0.364 e. The number of carbonyl (C=O) groups excluding carboxylic acids is 1. The zero-order chi connectivity index (χ0) is 21.3. The van der Waals surface area contributed by atoms with Gasteiger partial charge in [-0.25, -0.2) is 0 Å². The van der Waals surface area contributed by atoms with E-state index >= 15 is 0 Å². The van der Waals surface area contributed by atoms with Gasteiger partial charge in [-0.3, -0.25) is 9.89 Å². The topological polar surface area (TPSA) is 71.8 Å². The second-order valence-corrected chi connectivity index (χ2v) is 6.74. The lowest BCUT2D eigenvalue weighted by atomic mass is 9.92. The molecule has 0 radical (unpaired) electrons. The van der Waals surface area contributed by atoms with Crippen LogP contribution in [-0.2, 0) is 6.18 Å². The number of nitrogens with one attached hydrogen (secondary N) is 1. The number of alkyl halides is 3. The van der Waals surface area contributed by atoms with E-state index in [0.29, 0.717) is 16.8 Å². The summed E-state index contributed by atoms with van der Waals surface area (Å²) in [4.78, 5) is 11.3. The quantitative estimate of drug-likeness (QED) is 0.467. The zero-order valence-electron chi connectivity index (χ0n) is 15.6. The lowest BCUT2D eigenvalue weighted by Crippen LogP contribution is -2.10. The highest BCUT2D eigenvalue weighted by Gasteiger charge is 2.30. The average Bonchev–Trinajstić information content (AvgIpc) is 3.24. The van der Waals surface area contributed by atoms with E-state index in [1.165, 1.54) is 6.07 Å². The van der Waals surface area contributed by atoms with Crippen molar-refractivity contribution in [1.82, 2.24) is 10.2 Å². The number of aromatic nitrogens is 2. The van der Waals surface area contributed by atoms with Crippen LogP contribution in [0.15, 0.2) is 78.9 Å². The largest absolute Gasteiger partial charge is 0.416 e. The average molecular weight is 407 g/mol. The number of carbonyl (C=O) groups is 1. The third-order valence-electron chi connectivity index (χ3n) is 4.74. The highest BCUT2D eigenvalue weighted by atomic mass is 19.4. The first kappa shape index (κ1) is 19.4. The van der Waals surface area contributed by atoms with E-state index in [1.54, 1.807) is 24.3 Å². The number of hydrogen-bond acceptors (Lipinski definition) is 2. The Bertz CT molecular complexity index is 1230. The Morgan fingerprint density at radius 1 is 0.800 bits per heavy atom. The summed E-state index contributed by atoms with van der Waals surface area (Å²) in [7, 11) is 0. The van der Waals surface area contributed by atoms with Gasteiger partial charge in [0.2, 0.25) is 0 Å². The maximum atomic E-state index is 13.2. The predicted molar refractivity (Wildman–Crippen MR) is 108 cm³/mol. The fourth-order valence-electron chi connectivity index (χ4n) is 3.29. The number of H-pyrrole nitrogens is 1. The van der Waals surface area contributed by atoms with Gasteiger partial charge in [0.05, 0.1) is 11.3 Å². The third kappa shape index (κ3) is 3.82. The number of nitrogens with zero attached hydrogens (tertiary/aromatic N) is 1. The molecule has 0 saturated carbocycles. The highest BCUT2D eigenvalue weighted by molar-refractivity contribution is 5.92. The van der Waals surface area contributed by atoms with E-state index in [0.717, 1.165) is 28.8 Å². The van der Waals surface area contributed by atoms with Crippen LogP contribution in [0.4, 0.5) is 13.2 Å². The van der Waals surface area contributed by atoms with Crippen molar-refractivity contribution in [3.8, 4) is 33.5 Å². The Balaban J connectivity index is 1.79. The van der Waals surface area contributed by atoms with Crippen LogP contribution in [0.5, 0.6) is 0 Å². The molecule has 1 heterocycles. The van der Waals surface area contributed by atoms with Crippen molar-refractivity contribution in [1.29, 1.82) is 0 Å². The lowest BCUT2D eigenvalue weighted by molar-refractivity contribution is -0.137. The number of amides is 1. The van der Waals surface area contributed by atoms with Crippen LogP contribution < -0.4 is 5.73 Å². The van der Waals surface area contributed by atoms with Crippen LogP contribution in [0, 0.1) is 0 Å². The van der Waals surface area contributed by atoms with Gasteiger partial charge in [-0.05, 0) is 46.5 Å². The van der Waals surface area contributed by atoms with Crippen LogP contribution >= 0.6 is 0 Å². The number of aromatic amines is 1. The molecule has 0 bridgehead atoms. The molecule has 4 rings (SSSR count). The van der Waals surface area contributed by atoms with Crippen molar-refractivity contribution in [3.63, 3.8) is 0 Å². The van der Waals surface area contributed by atoms with Crippen molar-refractivity contribution < 1.29 is 18.0 Å². The van der Waals surface area contributed by atoms with Gasteiger partial charge in [0.15, 0.2) is 0 Å². The smallest absolute Gasteiger partial charge is 0.364 e. The zero-order valence-corrected chi connectivity index (χ0v) is 15.6. The summed E-state index contributed by atoms with van der Waals surface area (Å²) < 4.78 is 39.5. The molecule has 4 aromatic rings. The number of halogens is 3. The second kappa shape index (κ2) is 7.51. The van der Waals surface area contributed by atoms with Crippen molar-refractivity contribution >= 4 is 5.91 Å². The molecule has 0 aliphatic carbocycles. The second-order valence-electron chi connectivity index (χ2n) is 6.74. The Labute approximate surface area is 170 Å². The van der Waals surface area contributed by atoms with Crippen LogP contribution in [0.3, 0.4) is 0 Å². The molecule has 0 fully saturated rings. The summed E-state index contributed by atoms with van der Waals surface area (Å²) >= 11 is 0. The minimum atomic E-state index is -4.41. The first-order valence-electron chi connectivity index (χ1n) is 9.05. The fourth-order valence-corrected chi connectivity index (χ4v) is 3.29. The number of benzene rings is 3. The van der Waals surface area contributed by atoms with Crippen molar-refractivity contribution in [3.05, 3.63) is 90.1 Å². The molecule has 0 atom stereocenters. The summed E-state index contributed by atoms with van der Waals surface area (Å²) in [6, 6.07) is 21.5. The van der Waals surface area contributed by atoms with Gasteiger partial charge in [-0.2, -0.15) is 18.3 Å². The van der Waals surface area contributed by atoms with Gasteiger partial charge in [0.25, 0.3) is 5.91 Å². The molecular formula is C23H16F3N3O. The van der Waals surface area contributed by atoms with E-state index < -0.39 is 17.6 Å². The minimum absolute atomic E-state index is 0.194. The third-order valence-corrected chi connectivity index (χ3v) is 4.74. The number of rotatable bonds is 4. The first-order chi connectivity index (χ1) is 14.3. The molecular weight excluding hydrogens is 391 g/mol. The summed E-state index contributed by atoms with van der Waals surface area (Å²) in [6.45, 7) is 0. The van der Waals surface area contributed by atoms with Gasteiger partial charge in [-0.1, -0.05) is 54.6 Å². The monoisotopic (exact) mass is 407 g/mol. The number of hydrogen-bond donors (Lipinski definition) is 2. The standard InChI is InChI=1S/C23H16F3N3O/c24-23(25,26)17-8-4-6-15(12-17)19-10-2-1-9-18(19)14-5-3-7-16(11-14)20-13-21(22(27)30)29-28-20/h1-13H,(H2,27,30)(H,28,29). The van der Waals surface area contributed by atoms with Crippen LogP contribution in [0.25, 0.3) is 33.5 Å². The lowest BCUT2D eigenvalue weighted by Gasteiger charge is -2.13. The van der Waals surface area contributed by atoms with Crippen LogP contribution in [0.1, 0.15) is 16.1 Å². The van der Waals surface area contributed by atoms with Gasteiger partial charge in [0.1, 0.15) is 5.69 Å². The molecule has 0 aliphatic rings. The summed E-state index contributed by atoms with van der Waals surface area (Å²) in [5, 5.41) is 6.70. The van der Waals surface area contributed by atoms with E-state index in [4.69, 9.17) is 5.73 Å². The normalized spacial score (nSPS) is 11.4. The molecule has 0 spiro atoms. The summed E-state index contributed by atoms with van der Waals surface area (Å²) in [5.74, 6) is -0.611. The molecule has 30 heavy (non-hydrogen) atoms. The Hall–Kier alpha value is -3.87. The van der Waals surface area contributed by atoms with Crippen LogP contribution in [0.2, 0.25) is 0 Å². The Morgan fingerprint density at radius 3 is 2.00 bits per heavy atom. The summed E-state index contributed by atoms with van der Waals surface area (Å²) in [6.07, 6.45) is -4.41. The molecule has 150 valence electrons. The summed E-state index contributed by atoms with van der Waals surface area (Å²) in [5.41, 5.74) is 8.80. The number of nitrogens with two attached hydrogens (primary N) is 1. The molecule has 4 nitrogen and oxygen atoms in total. The van der Waals surface area contributed by atoms with E-state index in [-0.39, 0.29) is 5.69 Å². The Kier molecular flexibility index (Phi) is 4.87. The maximum absolute atomic E-state index is 13.2. The van der Waals surface area contributed by atoms with E-state index in [9.17, 15) is 18.0 Å². The maximum Gasteiger partial charge on any atom is 0.416 e. The molecule has 1 amide bonds. The van der Waals surface area contributed by atoms with Crippen molar-refractivity contribution in [2.24, 2.45) is 5.73 Å².